The van der Waals surface area contributed by atoms with Crippen LogP contribution in [0.2, 0.25) is 5.02 Å². The Balaban J connectivity index is 0.00000176. The van der Waals surface area contributed by atoms with E-state index in [0.29, 0.717) is 23.4 Å². The highest BCUT2D eigenvalue weighted by Gasteiger charge is 2.70. The molecule has 2 saturated carbocycles. The summed E-state index contributed by atoms with van der Waals surface area (Å²) in [5.41, 5.74) is 5.68. The van der Waals surface area contributed by atoms with Crippen molar-refractivity contribution in [3.63, 3.8) is 0 Å². The number of carboxylic acid groups (broad SMARTS) is 1. The highest BCUT2D eigenvalue weighted by Crippen LogP contribution is 2.61. The maximum Gasteiger partial charge on any atom is 0.326 e. The zero-order valence-electron chi connectivity index (χ0n) is 11.7. The highest BCUT2D eigenvalue weighted by molar-refractivity contribution is 6.31. The third-order valence-corrected chi connectivity index (χ3v) is 5.01. The van der Waals surface area contributed by atoms with Crippen LogP contribution in [-0.4, -0.2) is 22.6 Å². The molecule has 22 heavy (non-hydrogen) atoms. The molecule has 0 saturated heterocycles. The van der Waals surface area contributed by atoms with Gasteiger partial charge in [0.2, 0.25) is 0 Å². The Kier molecular flexibility index (Phi) is 4.70. The van der Waals surface area contributed by atoms with Gasteiger partial charge in [-0.3, -0.25) is 9.59 Å². The molecule has 2 aliphatic carbocycles. The summed E-state index contributed by atoms with van der Waals surface area (Å²) in [5, 5.41) is 9.62. The summed E-state index contributed by atoms with van der Waals surface area (Å²) in [5.74, 6) is -2.19. The monoisotopic (exact) mass is 345 g/mol. The van der Waals surface area contributed by atoms with E-state index in [1.165, 1.54) is 0 Å². The first-order valence-electron chi connectivity index (χ1n) is 6.87. The second-order valence-corrected chi connectivity index (χ2v) is 6.21. The minimum absolute atomic E-state index is 0. The number of rotatable bonds is 4. The number of esters is 1. The Morgan fingerprint density at radius 1 is 1.41 bits per heavy atom. The van der Waals surface area contributed by atoms with Crippen LogP contribution >= 0.6 is 24.0 Å². The molecule has 2 aliphatic rings. The van der Waals surface area contributed by atoms with Gasteiger partial charge in [-0.05, 0) is 24.8 Å². The zero-order chi connectivity index (χ0) is 15.2. The van der Waals surface area contributed by atoms with Gasteiger partial charge < -0.3 is 15.6 Å². The van der Waals surface area contributed by atoms with E-state index in [0.717, 1.165) is 0 Å². The van der Waals surface area contributed by atoms with Gasteiger partial charge in [-0.2, -0.15) is 0 Å². The maximum atomic E-state index is 12.3. The molecule has 4 unspecified atom stereocenters. The topological polar surface area (TPSA) is 89.6 Å². The molecule has 1 aromatic rings. The van der Waals surface area contributed by atoms with E-state index in [9.17, 15) is 9.59 Å². The lowest BCUT2D eigenvalue weighted by atomic mass is 9.91. The molecule has 0 heterocycles. The number of aliphatic carboxylic acids is 1. The second kappa shape index (κ2) is 6.07. The van der Waals surface area contributed by atoms with Crippen LogP contribution in [-0.2, 0) is 20.9 Å². The maximum absolute atomic E-state index is 12.3. The Bertz CT molecular complexity index is 609. The van der Waals surface area contributed by atoms with Crippen LogP contribution in [0.25, 0.3) is 0 Å². The summed E-state index contributed by atoms with van der Waals surface area (Å²) in [6.07, 6.45) is 1.15. The van der Waals surface area contributed by atoms with Crippen LogP contribution in [0.15, 0.2) is 24.3 Å². The number of benzene rings is 1. The van der Waals surface area contributed by atoms with Crippen molar-refractivity contribution in [3.05, 3.63) is 34.9 Å². The number of halogens is 2. The van der Waals surface area contributed by atoms with Crippen molar-refractivity contribution in [3.8, 4) is 0 Å². The van der Waals surface area contributed by atoms with Gasteiger partial charge in [0, 0.05) is 16.5 Å². The van der Waals surface area contributed by atoms with Crippen molar-refractivity contribution in [1.29, 1.82) is 0 Å². The lowest BCUT2D eigenvalue weighted by Crippen LogP contribution is -2.50. The molecule has 0 bridgehead atoms. The van der Waals surface area contributed by atoms with Crippen molar-refractivity contribution in [2.24, 2.45) is 23.5 Å². The molecule has 120 valence electrons. The predicted octanol–water partition coefficient (Wildman–Crippen LogP) is 2.24. The smallest absolute Gasteiger partial charge is 0.326 e. The number of ether oxygens (including phenoxy) is 1. The molecule has 1 aromatic carbocycles. The first kappa shape index (κ1) is 17.1. The molecule has 4 atom stereocenters. The number of carboxylic acids is 1. The molecule has 2 fully saturated rings. The summed E-state index contributed by atoms with van der Waals surface area (Å²) >= 11 is 6.00. The Morgan fingerprint density at radius 3 is 2.68 bits per heavy atom. The number of nitrogens with two attached hydrogens (primary N) is 1. The van der Waals surface area contributed by atoms with Crippen LogP contribution in [0, 0.1) is 17.8 Å². The summed E-state index contributed by atoms with van der Waals surface area (Å²) in [7, 11) is 0. The molecule has 5 nitrogen and oxygen atoms in total. The number of carbonyl (C=O) groups is 2. The van der Waals surface area contributed by atoms with Gasteiger partial charge in [-0.15, -0.1) is 12.4 Å². The fraction of sp³-hybridized carbons (Fsp3) is 0.467. The molecule has 3 rings (SSSR count). The molecule has 0 amide bonds. The SMILES string of the molecule is Cl.NC1(C(=O)OCc2ccccc2Cl)CCC2C(C(=O)O)C21. The number of carbonyl (C=O) groups excluding carboxylic acids is 1. The average molecular weight is 346 g/mol. The summed E-state index contributed by atoms with van der Waals surface area (Å²) in [6.45, 7) is 0.0482. The Morgan fingerprint density at radius 2 is 2.09 bits per heavy atom. The molecule has 3 N–H and O–H groups in total. The van der Waals surface area contributed by atoms with E-state index in [4.69, 9.17) is 27.2 Å². The van der Waals surface area contributed by atoms with E-state index < -0.39 is 23.4 Å². The van der Waals surface area contributed by atoms with Crippen LogP contribution in [0.5, 0.6) is 0 Å². The third-order valence-electron chi connectivity index (χ3n) is 4.64. The van der Waals surface area contributed by atoms with Crippen molar-refractivity contribution >= 4 is 35.9 Å². The van der Waals surface area contributed by atoms with Gasteiger partial charge in [0.05, 0.1) is 5.92 Å². The molecular formula is C15H17Cl2NO4. The molecule has 0 aromatic heterocycles. The van der Waals surface area contributed by atoms with Gasteiger partial charge >= 0.3 is 11.9 Å². The summed E-state index contributed by atoms with van der Waals surface area (Å²) in [6, 6.07) is 7.09. The van der Waals surface area contributed by atoms with E-state index in [-0.39, 0.29) is 30.8 Å². The number of fused-ring (bicyclic) bond motifs is 1. The molecule has 7 heteroatoms. The Hall–Kier alpha value is -1.30. The van der Waals surface area contributed by atoms with Crippen LogP contribution in [0.3, 0.4) is 0 Å². The lowest BCUT2D eigenvalue weighted by Gasteiger charge is -2.24. The average Bonchev–Trinajstić information content (AvgIpc) is 3.10. The van der Waals surface area contributed by atoms with Crippen molar-refractivity contribution in [1.82, 2.24) is 0 Å². The highest BCUT2D eigenvalue weighted by atomic mass is 35.5. The number of hydrogen-bond acceptors (Lipinski definition) is 4. The quantitative estimate of drug-likeness (QED) is 0.816. The minimum atomic E-state index is -1.17. The van der Waals surface area contributed by atoms with Gasteiger partial charge in [-0.25, -0.2) is 0 Å². The number of hydrogen-bond donors (Lipinski definition) is 2. The summed E-state index contributed by atoms with van der Waals surface area (Å²) in [4.78, 5) is 23.4. The van der Waals surface area contributed by atoms with Crippen molar-refractivity contribution in [2.45, 2.75) is 25.0 Å². The summed E-state index contributed by atoms with van der Waals surface area (Å²) < 4.78 is 5.28. The third kappa shape index (κ3) is 2.69. The molecule has 0 aliphatic heterocycles. The normalized spacial score (nSPS) is 31.8. The van der Waals surface area contributed by atoms with Gasteiger partial charge in [-0.1, -0.05) is 29.8 Å². The zero-order valence-corrected chi connectivity index (χ0v) is 13.3. The first-order valence-corrected chi connectivity index (χ1v) is 7.25. The first-order chi connectivity index (χ1) is 9.95. The fourth-order valence-electron chi connectivity index (χ4n) is 3.48. The molecule has 0 radical (unpaired) electrons. The minimum Gasteiger partial charge on any atom is -0.481 e. The second-order valence-electron chi connectivity index (χ2n) is 5.80. The predicted molar refractivity (Wildman–Crippen MR) is 82.8 cm³/mol. The van der Waals surface area contributed by atoms with Gasteiger partial charge in [0.15, 0.2) is 0 Å². The van der Waals surface area contributed by atoms with E-state index >= 15 is 0 Å². The van der Waals surface area contributed by atoms with Gasteiger partial charge in [0.25, 0.3) is 0 Å². The van der Waals surface area contributed by atoms with Crippen LogP contribution in [0.1, 0.15) is 18.4 Å². The molecular weight excluding hydrogens is 329 g/mol. The van der Waals surface area contributed by atoms with Crippen LogP contribution < -0.4 is 5.73 Å². The van der Waals surface area contributed by atoms with Crippen LogP contribution in [0.4, 0.5) is 0 Å². The largest absolute Gasteiger partial charge is 0.481 e. The Labute approximate surface area is 139 Å². The van der Waals surface area contributed by atoms with Crippen molar-refractivity contribution in [2.75, 3.05) is 0 Å². The van der Waals surface area contributed by atoms with E-state index in [2.05, 4.69) is 0 Å². The van der Waals surface area contributed by atoms with E-state index in [1.54, 1.807) is 24.3 Å². The van der Waals surface area contributed by atoms with Crippen molar-refractivity contribution < 1.29 is 19.4 Å². The van der Waals surface area contributed by atoms with Gasteiger partial charge in [0.1, 0.15) is 12.1 Å². The standard InChI is InChI=1S/C15H16ClNO4.ClH/c16-10-4-2-1-3-8(10)7-21-14(20)15(17)6-5-9-11(12(9)15)13(18)19;/h1-4,9,11-12H,5-7,17H2,(H,18,19);1H. The van der Waals surface area contributed by atoms with E-state index in [1.807, 2.05) is 0 Å². The lowest BCUT2D eigenvalue weighted by molar-refractivity contribution is -0.152. The molecule has 0 spiro atoms. The fourth-order valence-corrected chi connectivity index (χ4v) is 3.67.